The van der Waals surface area contributed by atoms with Gasteiger partial charge in [-0.25, -0.2) is 9.78 Å². The van der Waals surface area contributed by atoms with Crippen LogP contribution in [-0.2, 0) is 4.74 Å². The van der Waals surface area contributed by atoms with Gasteiger partial charge in [0.15, 0.2) is 11.5 Å². The number of anilines is 4. The maximum atomic E-state index is 12.3. The molecule has 0 amide bonds. The summed E-state index contributed by atoms with van der Waals surface area (Å²) in [6.45, 7) is 3.51. The zero-order chi connectivity index (χ0) is 18.5. The van der Waals surface area contributed by atoms with E-state index in [9.17, 15) is 10.1 Å². The minimum absolute atomic E-state index is 0.0367. The van der Waals surface area contributed by atoms with Crippen LogP contribution in [0.25, 0.3) is 0 Å². The summed E-state index contributed by atoms with van der Waals surface area (Å²) in [6, 6.07) is 9.16. The summed E-state index contributed by atoms with van der Waals surface area (Å²) in [5.74, 6) is 0.00268. The fourth-order valence-corrected chi connectivity index (χ4v) is 2.79. The molecular weight excluding hydrogens is 332 g/mol. The van der Waals surface area contributed by atoms with Crippen LogP contribution in [0.3, 0.4) is 0 Å². The van der Waals surface area contributed by atoms with E-state index in [-0.39, 0.29) is 23.7 Å². The van der Waals surface area contributed by atoms with Crippen LogP contribution in [0.15, 0.2) is 24.3 Å². The Morgan fingerprint density at radius 2 is 2.08 bits per heavy atom. The fourth-order valence-electron chi connectivity index (χ4n) is 2.79. The van der Waals surface area contributed by atoms with E-state index in [1.165, 1.54) is 0 Å². The van der Waals surface area contributed by atoms with E-state index in [0.717, 1.165) is 25.9 Å². The average molecular weight is 352 g/mol. The molecule has 3 N–H and O–H groups in total. The SMILES string of the molecule is CCOC(=O)c1nc(N2CCCC2)nc(Nc2ccccc2N)c1C#N. The van der Waals surface area contributed by atoms with Gasteiger partial charge in [0.1, 0.15) is 11.6 Å². The van der Waals surface area contributed by atoms with Gasteiger partial charge in [0.05, 0.1) is 18.0 Å². The van der Waals surface area contributed by atoms with Crippen molar-refractivity contribution in [1.82, 2.24) is 9.97 Å². The third-order valence-electron chi connectivity index (χ3n) is 4.08. The summed E-state index contributed by atoms with van der Waals surface area (Å²) in [5.41, 5.74) is 7.08. The van der Waals surface area contributed by atoms with Gasteiger partial charge in [0.2, 0.25) is 5.95 Å². The Labute approximate surface area is 151 Å². The summed E-state index contributed by atoms with van der Waals surface area (Å²) in [4.78, 5) is 23.1. The molecule has 0 atom stereocenters. The maximum absolute atomic E-state index is 12.3. The third-order valence-corrected chi connectivity index (χ3v) is 4.08. The second-order valence-electron chi connectivity index (χ2n) is 5.83. The molecule has 0 aliphatic carbocycles. The van der Waals surface area contributed by atoms with Gasteiger partial charge in [-0.1, -0.05) is 12.1 Å². The molecular formula is C18H20N6O2. The van der Waals surface area contributed by atoms with Crippen LogP contribution in [0.4, 0.5) is 23.1 Å². The van der Waals surface area contributed by atoms with E-state index in [2.05, 4.69) is 15.3 Å². The van der Waals surface area contributed by atoms with Crippen molar-refractivity contribution >= 4 is 29.1 Å². The molecule has 1 aliphatic heterocycles. The number of hydrogen-bond acceptors (Lipinski definition) is 8. The minimum atomic E-state index is -0.643. The van der Waals surface area contributed by atoms with Crippen molar-refractivity contribution in [2.45, 2.75) is 19.8 Å². The number of nitrogens with two attached hydrogens (primary N) is 1. The smallest absolute Gasteiger partial charge is 0.358 e. The lowest BCUT2D eigenvalue weighted by atomic mass is 10.2. The first-order valence-corrected chi connectivity index (χ1v) is 8.49. The molecule has 0 saturated carbocycles. The maximum Gasteiger partial charge on any atom is 0.358 e. The Bertz CT molecular complexity index is 855. The number of aromatic nitrogens is 2. The first-order chi connectivity index (χ1) is 12.6. The number of rotatable bonds is 5. The largest absolute Gasteiger partial charge is 0.461 e. The number of ether oxygens (including phenoxy) is 1. The molecule has 1 fully saturated rings. The van der Waals surface area contributed by atoms with Crippen molar-refractivity contribution < 1.29 is 9.53 Å². The molecule has 1 aromatic heterocycles. The zero-order valence-corrected chi connectivity index (χ0v) is 14.5. The van der Waals surface area contributed by atoms with Crippen molar-refractivity contribution in [2.24, 2.45) is 0 Å². The van der Waals surface area contributed by atoms with Crippen LogP contribution in [0.2, 0.25) is 0 Å². The van der Waals surface area contributed by atoms with Crippen molar-refractivity contribution in [1.29, 1.82) is 5.26 Å². The Kier molecular flexibility index (Phi) is 5.17. The summed E-state index contributed by atoms with van der Waals surface area (Å²) in [6.07, 6.45) is 2.07. The molecule has 0 radical (unpaired) electrons. The number of carbonyl (C=O) groups is 1. The standard InChI is InChI=1S/C18H20N6O2/c1-2-26-17(25)15-12(11-19)16(21-14-8-4-3-7-13(14)20)23-18(22-15)24-9-5-6-10-24/h3-4,7-8H,2,5-6,9-10,20H2,1H3,(H,21,22,23). The van der Waals surface area contributed by atoms with Crippen LogP contribution in [0, 0.1) is 11.3 Å². The quantitative estimate of drug-likeness (QED) is 0.622. The summed E-state index contributed by atoms with van der Waals surface area (Å²) < 4.78 is 5.07. The Balaban J connectivity index is 2.09. The highest BCUT2D eigenvalue weighted by atomic mass is 16.5. The fraction of sp³-hybridized carbons (Fsp3) is 0.333. The molecule has 1 saturated heterocycles. The number of esters is 1. The molecule has 0 unspecified atom stereocenters. The number of benzene rings is 1. The normalized spacial score (nSPS) is 13.3. The Morgan fingerprint density at radius 1 is 1.35 bits per heavy atom. The van der Waals surface area contributed by atoms with Gasteiger partial charge in [-0.05, 0) is 31.9 Å². The van der Waals surface area contributed by atoms with Crippen molar-refractivity contribution in [3.63, 3.8) is 0 Å². The number of carbonyl (C=O) groups excluding carboxylic acids is 1. The second kappa shape index (κ2) is 7.70. The number of hydrogen-bond donors (Lipinski definition) is 2. The topological polar surface area (TPSA) is 117 Å². The molecule has 8 heteroatoms. The Hall–Kier alpha value is -3.34. The van der Waals surface area contributed by atoms with E-state index in [1.54, 1.807) is 19.1 Å². The van der Waals surface area contributed by atoms with E-state index in [4.69, 9.17) is 10.5 Å². The molecule has 8 nitrogen and oxygen atoms in total. The van der Waals surface area contributed by atoms with Crippen LogP contribution in [-0.4, -0.2) is 35.6 Å². The van der Waals surface area contributed by atoms with Gasteiger partial charge in [-0.2, -0.15) is 10.2 Å². The molecule has 0 bridgehead atoms. The van der Waals surface area contributed by atoms with Crippen LogP contribution in [0.5, 0.6) is 0 Å². The number of para-hydroxylation sites is 2. The highest BCUT2D eigenvalue weighted by Gasteiger charge is 2.25. The van der Waals surface area contributed by atoms with E-state index in [1.807, 2.05) is 23.1 Å². The lowest BCUT2D eigenvalue weighted by Crippen LogP contribution is -2.23. The highest BCUT2D eigenvalue weighted by Crippen LogP contribution is 2.28. The predicted molar refractivity (Wildman–Crippen MR) is 98.3 cm³/mol. The van der Waals surface area contributed by atoms with Crippen LogP contribution < -0.4 is 16.0 Å². The molecule has 1 aliphatic rings. The van der Waals surface area contributed by atoms with E-state index >= 15 is 0 Å². The first-order valence-electron chi connectivity index (χ1n) is 8.49. The molecule has 0 spiro atoms. The van der Waals surface area contributed by atoms with E-state index in [0.29, 0.717) is 17.3 Å². The minimum Gasteiger partial charge on any atom is -0.461 e. The van der Waals surface area contributed by atoms with Crippen molar-refractivity contribution in [2.75, 3.05) is 35.6 Å². The number of nitrogens with one attached hydrogen (secondary N) is 1. The average Bonchev–Trinajstić information content (AvgIpc) is 3.18. The van der Waals surface area contributed by atoms with Crippen LogP contribution in [0.1, 0.15) is 35.8 Å². The molecule has 134 valence electrons. The molecule has 1 aromatic carbocycles. The monoisotopic (exact) mass is 352 g/mol. The van der Waals surface area contributed by atoms with Crippen molar-refractivity contribution in [3.8, 4) is 6.07 Å². The van der Waals surface area contributed by atoms with E-state index < -0.39 is 5.97 Å². The van der Waals surface area contributed by atoms with Crippen molar-refractivity contribution in [3.05, 3.63) is 35.5 Å². The molecule has 26 heavy (non-hydrogen) atoms. The first kappa shape index (κ1) is 17.5. The van der Waals surface area contributed by atoms with Gasteiger partial charge in [-0.3, -0.25) is 0 Å². The lowest BCUT2D eigenvalue weighted by molar-refractivity contribution is 0.0519. The molecule has 2 aromatic rings. The summed E-state index contributed by atoms with van der Waals surface area (Å²) >= 11 is 0. The lowest BCUT2D eigenvalue weighted by Gasteiger charge is -2.19. The Morgan fingerprint density at radius 3 is 2.73 bits per heavy atom. The zero-order valence-electron chi connectivity index (χ0n) is 14.5. The molecule has 2 heterocycles. The number of nitrogens with zero attached hydrogens (tertiary/aromatic N) is 4. The van der Waals surface area contributed by atoms with Gasteiger partial charge in [0.25, 0.3) is 0 Å². The number of nitriles is 1. The van der Waals surface area contributed by atoms with Crippen LogP contribution >= 0.6 is 0 Å². The van der Waals surface area contributed by atoms with Gasteiger partial charge in [0, 0.05) is 13.1 Å². The summed E-state index contributed by atoms with van der Waals surface area (Å²) in [5, 5.41) is 12.7. The van der Waals surface area contributed by atoms with Gasteiger partial charge >= 0.3 is 5.97 Å². The van der Waals surface area contributed by atoms with Gasteiger partial charge < -0.3 is 20.7 Å². The third kappa shape index (κ3) is 3.52. The molecule has 3 rings (SSSR count). The van der Waals surface area contributed by atoms with Gasteiger partial charge in [-0.15, -0.1) is 0 Å². The predicted octanol–water partition coefficient (Wildman–Crippen LogP) is 2.45. The highest BCUT2D eigenvalue weighted by molar-refractivity contribution is 5.93. The number of nitrogen functional groups attached to an aromatic ring is 1. The summed E-state index contributed by atoms with van der Waals surface area (Å²) in [7, 11) is 0. The second-order valence-corrected chi connectivity index (χ2v) is 5.83.